The van der Waals surface area contributed by atoms with E-state index in [-0.39, 0.29) is 22.3 Å². The number of carbonyl (C=O) groups excluding carboxylic acids is 1. The first-order valence-corrected chi connectivity index (χ1v) is 9.84. The number of pyridine rings is 1. The Labute approximate surface area is 167 Å². The number of fused-ring (bicyclic) bond motifs is 1. The Morgan fingerprint density at radius 2 is 2.14 bits per heavy atom. The molecule has 1 aromatic carbocycles. The standard InChI is InChI=1S/C18H14ClFN4O3S/c19-11-8-10(21-16(25)12-2-1-3-15(20)22-12)4-5-13(11)24-17(26)14-9-28-7-6-23(14)18(24)27/h1-5,8,26H,6-7,9H2,(H,21,25). The van der Waals surface area contributed by atoms with Crippen molar-refractivity contribution in [3.05, 3.63) is 69.2 Å². The number of carbonyl (C=O) groups is 1. The fourth-order valence-electron chi connectivity index (χ4n) is 2.99. The molecule has 1 amide bonds. The largest absolute Gasteiger partial charge is 0.493 e. The first kappa shape index (κ1) is 18.6. The van der Waals surface area contributed by atoms with E-state index in [1.165, 1.54) is 34.9 Å². The van der Waals surface area contributed by atoms with E-state index in [1.54, 1.807) is 11.8 Å². The van der Waals surface area contributed by atoms with Crippen molar-refractivity contribution >= 4 is 35.0 Å². The summed E-state index contributed by atoms with van der Waals surface area (Å²) in [6.45, 7) is 0.520. The summed E-state index contributed by atoms with van der Waals surface area (Å²) in [5, 5.41) is 13.2. The number of rotatable bonds is 3. The summed E-state index contributed by atoms with van der Waals surface area (Å²) in [6.07, 6.45) is 0. The molecular weight excluding hydrogens is 407 g/mol. The van der Waals surface area contributed by atoms with Gasteiger partial charge in [0.05, 0.1) is 16.4 Å². The SMILES string of the molecule is O=C(Nc1ccc(-n2c(O)c3n(c2=O)CCSC3)c(Cl)c1)c1cccc(F)n1. The third-order valence-corrected chi connectivity index (χ3v) is 5.56. The van der Waals surface area contributed by atoms with Crippen LogP contribution in [0.1, 0.15) is 16.2 Å². The number of imidazole rings is 1. The van der Waals surface area contributed by atoms with Crippen molar-refractivity contribution in [1.29, 1.82) is 0 Å². The number of hydrogen-bond donors (Lipinski definition) is 2. The van der Waals surface area contributed by atoms with Crippen LogP contribution < -0.4 is 11.0 Å². The van der Waals surface area contributed by atoms with Crippen LogP contribution in [0.4, 0.5) is 10.1 Å². The van der Waals surface area contributed by atoms with Gasteiger partial charge in [0.1, 0.15) is 5.69 Å². The molecule has 3 aromatic rings. The number of hydrogen-bond acceptors (Lipinski definition) is 5. The molecule has 0 saturated carbocycles. The van der Waals surface area contributed by atoms with Gasteiger partial charge in [-0.15, -0.1) is 0 Å². The molecule has 0 aliphatic carbocycles. The van der Waals surface area contributed by atoms with Crippen molar-refractivity contribution in [3.8, 4) is 11.6 Å². The molecule has 10 heteroatoms. The van der Waals surface area contributed by atoms with E-state index in [9.17, 15) is 19.1 Å². The molecule has 0 unspecified atom stereocenters. The number of halogens is 2. The van der Waals surface area contributed by atoms with Crippen molar-refractivity contribution in [2.75, 3.05) is 11.1 Å². The van der Waals surface area contributed by atoms with Gasteiger partial charge in [0, 0.05) is 23.7 Å². The van der Waals surface area contributed by atoms with Crippen molar-refractivity contribution in [3.63, 3.8) is 0 Å². The smallest absolute Gasteiger partial charge is 0.336 e. The lowest BCUT2D eigenvalue weighted by Crippen LogP contribution is -2.26. The second-order valence-corrected chi connectivity index (χ2v) is 7.57. The summed E-state index contributed by atoms with van der Waals surface area (Å²) in [6, 6.07) is 8.42. The summed E-state index contributed by atoms with van der Waals surface area (Å²) < 4.78 is 15.9. The molecule has 0 radical (unpaired) electrons. The second-order valence-electron chi connectivity index (χ2n) is 6.06. The maximum atomic E-state index is 13.2. The molecule has 0 bridgehead atoms. The average Bonchev–Trinajstić information content (AvgIpc) is 2.93. The predicted octanol–water partition coefficient (Wildman–Crippen LogP) is 3.03. The lowest BCUT2D eigenvalue weighted by molar-refractivity contribution is 0.102. The molecule has 28 heavy (non-hydrogen) atoms. The number of aromatic hydroxyl groups is 1. The maximum absolute atomic E-state index is 13.2. The molecule has 0 atom stereocenters. The highest BCUT2D eigenvalue weighted by Gasteiger charge is 2.24. The van der Waals surface area contributed by atoms with Crippen LogP contribution in [0, 0.1) is 5.95 Å². The maximum Gasteiger partial charge on any atom is 0.336 e. The van der Waals surface area contributed by atoms with Gasteiger partial charge in [0.2, 0.25) is 11.8 Å². The normalized spacial score (nSPS) is 13.2. The molecule has 0 saturated heterocycles. The first-order chi connectivity index (χ1) is 13.5. The van der Waals surface area contributed by atoms with Gasteiger partial charge >= 0.3 is 5.69 Å². The van der Waals surface area contributed by atoms with Crippen LogP contribution in [-0.4, -0.2) is 30.9 Å². The Bertz CT molecular complexity index is 1140. The molecule has 7 nitrogen and oxygen atoms in total. The first-order valence-electron chi connectivity index (χ1n) is 8.30. The number of anilines is 1. The molecule has 2 aromatic heterocycles. The molecule has 0 spiro atoms. The molecule has 1 aliphatic heterocycles. The number of thioether (sulfide) groups is 1. The quantitative estimate of drug-likeness (QED) is 0.636. The average molecular weight is 421 g/mol. The topological polar surface area (TPSA) is 89.2 Å². The Hall–Kier alpha value is -2.78. The minimum absolute atomic E-state index is 0.0772. The second kappa shape index (κ2) is 7.33. The molecular formula is C18H14ClFN4O3S. The minimum Gasteiger partial charge on any atom is -0.493 e. The van der Waals surface area contributed by atoms with Crippen LogP contribution in [0.15, 0.2) is 41.2 Å². The Balaban J connectivity index is 1.65. The van der Waals surface area contributed by atoms with Gasteiger partial charge in [-0.2, -0.15) is 16.2 Å². The Morgan fingerprint density at radius 3 is 2.86 bits per heavy atom. The van der Waals surface area contributed by atoms with Gasteiger partial charge in [-0.1, -0.05) is 17.7 Å². The third-order valence-electron chi connectivity index (χ3n) is 4.31. The molecule has 3 heterocycles. The van der Waals surface area contributed by atoms with E-state index >= 15 is 0 Å². The van der Waals surface area contributed by atoms with Crippen molar-refractivity contribution in [2.45, 2.75) is 12.3 Å². The summed E-state index contributed by atoms with van der Waals surface area (Å²) in [5.41, 5.74) is 0.767. The summed E-state index contributed by atoms with van der Waals surface area (Å²) in [5.74, 6) is -0.157. The van der Waals surface area contributed by atoms with Crippen LogP contribution in [0.3, 0.4) is 0 Å². The monoisotopic (exact) mass is 420 g/mol. The highest BCUT2D eigenvalue weighted by atomic mass is 35.5. The Morgan fingerprint density at radius 1 is 1.32 bits per heavy atom. The number of nitrogens with one attached hydrogen (secondary N) is 1. The van der Waals surface area contributed by atoms with E-state index in [0.29, 0.717) is 29.4 Å². The zero-order valence-electron chi connectivity index (χ0n) is 14.4. The van der Waals surface area contributed by atoms with Crippen molar-refractivity contribution in [2.24, 2.45) is 0 Å². The van der Waals surface area contributed by atoms with Crippen molar-refractivity contribution < 1.29 is 14.3 Å². The number of benzene rings is 1. The zero-order chi connectivity index (χ0) is 19.8. The van der Waals surface area contributed by atoms with Gasteiger partial charge in [-0.05, 0) is 30.3 Å². The highest BCUT2D eigenvalue weighted by Crippen LogP contribution is 2.31. The van der Waals surface area contributed by atoms with Gasteiger partial charge < -0.3 is 10.4 Å². The zero-order valence-corrected chi connectivity index (χ0v) is 15.9. The van der Waals surface area contributed by atoms with Crippen LogP contribution in [-0.2, 0) is 12.3 Å². The van der Waals surface area contributed by atoms with Crippen LogP contribution in [0.5, 0.6) is 5.88 Å². The van der Waals surface area contributed by atoms with E-state index in [4.69, 9.17) is 11.6 Å². The third kappa shape index (κ3) is 3.27. The van der Waals surface area contributed by atoms with Gasteiger partial charge in [-0.25, -0.2) is 14.3 Å². The van der Waals surface area contributed by atoms with E-state index < -0.39 is 11.9 Å². The fourth-order valence-corrected chi connectivity index (χ4v) is 4.19. The highest BCUT2D eigenvalue weighted by molar-refractivity contribution is 7.98. The summed E-state index contributed by atoms with van der Waals surface area (Å²) >= 11 is 7.95. The molecule has 4 rings (SSSR count). The molecule has 0 fully saturated rings. The summed E-state index contributed by atoms with van der Waals surface area (Å²) in [7, 11) is 0. The number of amides is 1. The van der Waals surface area contributed by atoms with E-state index in [2.05, 4.69) is 10.3 Å². The lowest BCUT2D eigenvalue weighted by Gasteiger charge is -2.11. The van der Waals surface area contributed by atoms with Gasteiger partial charge in [0.25, 0.3) is 5.91 Å². The van der Waals surface area contributed by atoms with Crippen LogP contribution >= 0.6 is 23.4 Å². The van der Waals surface area contributed by atoms with Gasteiger partial charge in [0.15, 0.2) is 0 Å². The predicted molar refractivity (Wildman–Crippen MR) is 105 cm³/mol. The van der Waals surface area contributed by atoms with Crippen LogP contribution in [0.2, 0.25) is 5.02 Å². The number of aromatic nitrogens is 3. The molecule has 144 valence electrons. The minimum atomic E-state index is -0.758. The summed E-state index contributed by atoms with van der Waals surface area (Å²) in [4.78, 5) is 28.4. The van der Waals surface area contributed by atoms with Gasteiger partial charge in [-0.3, -0.25) is 9.36 Å². The molecule has 1 aliphatic rings. The Kier molecular flexibility index (Phi) is 4.86. The van der Waals surface area contributed by atoms with Crippen LogP contribution in [0.25, 0.3) is 5.69 Å². The fraction of sp³-hybridized carbons (Fsp3) is 0.167. The lowest BCUT2D eigenvalue weighted by atomic mass is 10.2. The molecule has 2 N–H and O–H groups in total. The van der Waals surface area contributed by atoms with E-state index in [1.807, 2.05) is 0 Å². The van der Waals surface area contributed by atoms with Crippen molar-refractivity contribution in [1.82, 2.24) is 14.1 Å². The van der Waals surface area contributed by atoms with E-state index in [0.717, 1.165) is 16.4 Å². The number of nitrogens with zero attached hydrogens (tertiary/aromatic N) is 3.